The van der Waals surface area contributed by atoms with Crippen LogP contribution < -0.4 is 10.6 Å². The second-order valence-electron chi connectivity index (χ2n) is 7.71. The number of fused-ring (bicyclic) bond motifs is 2. The number of benzene rings is 1. The SMILES string of the molecule is O=C(CSc1nc(=O)n(Cc2cccs2)c2c1CCCC2)N1CCc2ccccc21. The molecule has 5 nitrogen and oxygen atoms in total. The molecule has 1 aliphatic carbocycles. The third-order valence-corrected chi connectivity index (χ3v) is 7.73. The van der Waals surface area contributed by atoms with Crippen LogP contribution >= 0.6 is 23.1 Å². The molecule has 7 heteroatoms. The summed E-state index contributed by atoms with van der Waals surface area (Å²) in [4.78, 5) is 33.2. The Morgan fingerprint density at radius 3 is 2.83 bits per heavy atom. The first-order valence-electron chi connectivity index (χ1n) is 10.4. The van der Waals surface area contributed by atoms with Crippen molar-refractivity contribution in [2.75, 3.05) is 17.2 Å². The molecule has 0 bridgehead atoms. The first-order valence-corrected chi connectivity index (χ1v) is 12.2. The standard InChI is InChI=1S/C23H23N3O2S2/c27-21(25-12-11-16-6-1-3-9-19(16)25)15-30-22-18-8-2-4-10-20(18)26(23(28)24-22)14-17-7-5-13-29-17/h1,3,5-7,9,13H,2,4,8,10-12,14-15H2. The maximum Gasteiger partial charge on any atom is 0.349 e. The average Bonchev–Trinajstić information content (AvgIpc) is 3.44. The van der Waals surface area contributed by atoms with Crippen LogP contribution in [0.5, 0.6) is 0 Å². The molecule has 0 unspecified atom stereocenters. The van der Waals surface area contributed by atoms with Gasteiger partial charge in [-0.05, 0) is 55.2 Å². The number of para-hydroxylation sites is 1. The Kier molecular flexibility index (Phi) is 5.48. The lowest BCUT2D eigenvalue weighted by atomic mass is 9.97. The van der Waals surface area contributed by atoms with Gasteiger partial charge >= 0.3 is 5.69 Å². The van der Waals surface area contributed by atoms with Gasteiger partial charge in [-0.25, -0.2) is 4.79 Å². The van der Waals surface area contributed by atoms with E-state index in [0.29, 0.717) is 12.3 Å². The van der Waals surface area contributed by atoms with Crippen LogP contribution in [0.1, 0.15) is 34.5 Å². The first-order chi connectivity index (χ1) is 14.7. The molecule has 0 atom stereocenters. The van der Waals surface area contributed by atoms with Gasteiger partial charge in [0.2, 0.25) is 5.91 Å². The Labute approximate surface area is 183 Å². The van der Waals surface area contributed by atoms with Gasteiger partial charge < -0.3 is 4.90 Å². The Bertz CT molecular complexity index is 1140. The predicted octanol–water partition coefficient (Wildman–Crippen LogP) is 3.91. The van der Waals surface area contributed by atoms with Crippen molar-refractivity contribution in [3.8, 4) is 0 Å². The number of carbonyl (C=O) groups is 1. The molecular weight excluding hydrogens is 414 g/mol. The minimum Gasteiger partial charge on any atom is -0.311 e. The lowest BCUT2D eigenvalue weighted by molar-refractivity contribution is -0.116. The zero-order valence-corrected chi connectivity index (χ0v) is 18.3. The number of nitrogens with zero attached hydrogens (tertiary/aromatic N) is 3. The Hall–Kier alpha value is -2.38. The number of hydrogen-bond donors (Lipinski definition) is 0. The fraction of sp³-hybridized carbons (Fsp3) is 0.348. The number of anilines is 1. The molecule has 0 N–H and O–H groups in total. The topological polar surface area (TPSA) is 55.2 Å². The van der Waals surface area contributed by atoms with Crippen molar-refractivity contribution in [3.05, 3.63) is 74.0 Å². The van der Waals surface area contributed by atoms with Crippen LogP contribution in [0.25, 0.3) is 0 Å². The van der Waals surface area contributed by atoms with Gasteiger partial charge in [-0.1, -0.05) is 36.0 Å². The number of carbonyl (C=O) groups excluding carboxylic acids is 1. The fourth-order valence-electron chi connectivity index (χ4n) is 4.39. The van der Waals surface area contributed by atoms with Crippen LogP contribution in [0.4, 0.5) is 5.69 Å². The van der Waals surface area contributed by atoms with E-state index in [1.54, 1.807) is 11.3 Å². The van der Waals surface area contributed by atoms with E-state index >= 15 is 0 Å². The highest BCUT2D eigenvalue weighted by Crippen LogP contribution is 2.31. The minimum atomic E-state index is -0.203. The maximum absolute atomic E-state index is 12.9. The van der Waals surface area contributed by atoms with Crippen molar-refractivity contribution in [1.82, 2.24) is 9.55 Å². The van der Waals surface area contributed by atoms with Gasteiger partial charge in [0, 0.05) is 28.4 Å². The number of hydrogen-bond acceptors (Lipinski definition) is 5. The fourth-order valence-corrected chi connectivity index (χ4v) is 6.04. The normalized spacial score (nSPS) is 15.1. The van der Waals surface area contributed by atoms with Gasteiger partial charge in [0.25, 0.3) is 0 Å². The summed E-state index contributed by atoms with van der Waals surface area (Å²) in [5.41, 5.74) is 4.31. The molecule has 154 valence electrons. The van der Waals surface area contributed by atoms with E-state index in [1.165, 1.54) is 17.3 Å². The minimum absolute atomic E-state index is 0.0825. The number of amides is 1. The number of aromatic nitrogens is 2. The van der Waals surface area contributed by atoms with Gasteiger partial charge in [-0.2, -0.15) is 4.98 Å². The largest absolute Gasteiger partial charge is 0.349 e. The van der Waals surface area contributed by atoms with Gasteiger partial charge in [-0.15, -0.1) is 11.3 Å². The molecule has 3 heterocycles. The van der Waals surface area contributed by atoms with Crippen molar-refractivity contribution in [2.24, 2.45) is 0 Å². The molecule has 3 aromatic rings. The highest BCUT2D eigenvalue weighted by molar-refractivity contribution is 8.00. The second-order valence-corrected chi connectivity index (χ2v) is 9.71. The average molecular weight is 438 g/mol. The molecule has 0 saturated carbocycles. The Morgan fingerprint density at radius 2 is 1.97 bits per heavy atom. The Balaban J connectivity index is 1.38. The molecular formula is C23H23N3O2S2. The molecule has 2 aliphatic rings. The van der Waals surface area contributed by atoms with Crippen LogP contribution in [0.2, 0.25) is 0 Å². The summed E-state index contributed by atoms with van der Waals surface area (Å²) in [6, 6.07) is 12.2. The number of rotatable bonds is 5. The zero-order chi connectivity index (χ0) is 20.5. The van der Waals surface area contributed by atoms with Gasteiger partial charge in [0.15, 0.2) is 0 Å². The lowest BCUT2D eigenvalue weighted by Gasteiger charge is -2.23. The summed E-state index contributed by atoms with van der Waals surface area (Å²) in [5.74, 6) is 0.390. The van der Waals surface area contributed by atoms with Crippen molar-refractivity contribution >= 4 is 34.7 Å². The van der Waals surface area contributed by atoms with Crippen LogP contribution in [0, 0.1) is 0 Å². The molecule has 0 radical (unpaired) electrons. The molecule has 30 heavy (non-hydrogen) atoms. The molecule has 0 saturated heterocycles. The van der Waals surface area contributed by atoms with Crippen LogP contribution in [-0.4, -0.2) is 27.8 Å². The third-order valence-electron chi connectivity index (χ3n) is 5.87. The summed E-state index contributed by atoms with van der Waals surface area (Å²) < 4.78 is 1.84. The van der Waals surface area contributed by atoms with Crippen molar-refractivity contribution < 1.29 is 4.79 Å². The molecule has 5 rings (SSSR count). The highest BCUT2D eigenvalue weighted by atomic mass is 32.2. The number of thioether (sulfide) groups is 1. The monoisotopic (exact) mass is 437 g/mol. The first kappa shape index (κ1) is 19.6. The molecule has 1 aromatic carbocycles. The van der Waals surface area contributed by atoms with Crippen molar-refractivity contribution in [3.63, 3.8) is 0 Å². The smallest absolute Gasteiger partial charge is 0.311 e. The van der Waals surface area contributed by atoms with E-state index in [-0.39, 0.29) is 11.6 Å². The summed E-state index contributed by atoms with van der Waals surface area (Å²) >= 11 is 3.08. The van der Waals surface area contributed by atoms with E-state index < -0.39 is 0 Å². The van der Waals surface area contributed by atoms with E-state index in [0.717, 1.165) is 65.5 Å². The summed E-state index contributed by atoms with van der Waals surface area (Å²) in [6.07, 6.45) is 4.93. The van der Waals surface area contributed by atoms with E-state index in [2.05, 4.69) is 17.1 Å². The molecule has 1 aliphatic heterocycles. The van der Waals surface area contributed by atoms with E-state index in [4.69, 9.17) is 0 Å². The molecule has 1 amide bonds. The maximum atomic E-state index is 12.9. The molecule has 0 fully saturated rings. The highest BCUT2D eigenvalue weighted by Gasteiger charge is 2.26. The van der Waals surface area contributed by atoms with Crippen LogP contribution in [0.3, 0.4) is 0 Å². The predicted molar refractivity (Wildman–Crippen MR) is 122 cm³/mol. The summed E-state index contributed by atoms with van der Waals surface area (Å²) in [7, 11) is 0. The second kappa shape index (κ2) is 8.40. The van der Waals surface area contributed by atoms with Gasteiger partial charge in [0.1, 0.15) is 5.03 Å². The zero-order valence-electron chi connectivity index (χ0n) is 16.7. The van der Waals surface area contributed by atoms with Crippen molar-refractivity contribution in [1.29, 1.82) is 0 Å². The summed E-state index contributed by atoms with van der Waals surface area (Å²) in [5, 5.41) is 2.78. The quantitative estimate of drug-likeness (QED) is 0.449. The van der Waals surface area contributed by atoms with Crippen LogP contribution in [-0.2, 0) is 30.6 Å². The van der Waals surface area contributed by atoms with Gasteiger partial charge in [-0.3, -0.25) is 9.36 Å². The van der Waals surface area contributed by atoms with E-state index in [1.807, 2.05) is 39.1 Å². The lowest BCUT2D eigenvalue weighted by Crippen LogP contribution is -2.32. The number of thiophene rings is 1. The van der Waals surface area contributed by atoms with Gasteiger partial charge in [0.05, 0.1) is 12.3 Å². The molecule has 0 spiro atoms. The third kappa shape index (κ3) is 3.72. The van der Waals surface area contributed by atoms with Crippen molar-refractivity contribution in [2.45, 2.75) is 43.7 Å². The summed E-state index contributed by atoms with van der Waals surface area (Å²) in [6.45, 7) is 1.31. The van der Waals surface area contributed by atoms with Crippen LogP contribution in [0.15, 0.2) is 51.6 Å². The van der Waals surface area contributed by atoms with E-state index in [9.17, 15) is 9.59 Å². The molecule has 2 aromatic heterocycles. The Morgan fingerprint density at radius 1 is 1.10 bits per heavy atom.